The molecule has 0 N–H and O–H groups in total. The average Bonchev–Trinajstić information content (AvgIpc) is 4.15. The van der Waals surface area contributed by atoms with Gasteiger partial charge in [0.05, 0.1) is 42.7 Å². The van der Waals surface area contributed by atoms with Crippen molar-refractivity contribution < 1.29 is 124 Å². The zero-order chi connectivity index (χ0) is 52.6. The third kappa shape index (κ3) is 13.3. The maximum Gasteiger partial charge on any atom is 0.377 e. The Labute approximate surface area is 413 Å². The van der Waals surface area contributed by atoms with Crippen molar-refractivity contribution in [1.82, 2.24) is 0 Å². The number of allylic oxidation sites excluding steroid dienone is 8. The lowest BCUT2D eigenvalue weighted by atomic mass is 9.89. The molecule has 0 saturated heterocycles. The number of rotatable bonds is 32. The van der Waals surface area contributed by atoms with E-state index in [2.05, 4.69) is 0 Å². The Bertz CT molecular complexity index is 2350. The zero-order valence-electron chi connectivity index (χ0n) is 40.6. The molecule has 26 heteroatoms. The summed E-state index contributed by atoms with van der Waals surface area (Å²) in [5.74, 6) is -5.63. The van der Waals surface area contributed by atoms with Gasteiger partial charge in [0.2, 0.25) is 46.1 Å². The first-order chi connectivity index (χ1) is 34.6. The quantitative estimate of drug-likeness (QED) is 0.0690. The molecular formula is C47H48O26. The first-order valence-corrected chi connectivity index (χ1v) is 22.2. The van der Waals surface area contributed by atoms with Gasteiger partial charge in [-0.05, 0) is 55.4 Å². The van der Waals surface area contributed by atoms with Gasteiger partial charge in [0.15, 0.2) is 46.1 Å². The van der Waals surface area contributed by atoms with Gasteiger partial charge < -0.3 is 85.3 Å². The Hall–Kier alpha value is -8.00. The lowest BCUT2D eigenvalue weighted by Gasteiger charge is -2.37. The third-order valence-electron chi connectivity index (χ3n) is 11.5. The summed E-state index contributed by atoms with van der Waals surface area (Å²) in [6.45, 7) is 4.74. The lowest BCUT2D eigenvalue weighted by Crippen LogP contribution is -2.48. The van der Waals surface area contributed by atoms with Crippen molar-refractivity contribution in [3.05, 3.63) is 92.1 Å². The molecule has 0 unspecified atom stereocenters. The predicted octanol–water partition coefficient (Wildman–Crippen LogP) is 2.42. The molecule has 8 rings (SSSR count). The van der Waals surface area contributed by atoms with Crippen molar-refractivity contribution in [3.63, 3.8) is 0 Å². The average molecular weight is 1030 g/mol. The van der Waals surface area contributed by atoms with E-state index in [9.17, 15) is 38.4 Å². The fraction of sp³-hybridized carbons (Fsp3) is 0.489. The van der Waals surface area contributed by atoms with Gasteiger partial charge in [0.25, 0.3) is 0 Å². The Kier molecular flexibility index (Phi) is 14.2. The summed E-state index contributed by atoms with van der Waals surface area (Å²) in [6, 6.07) is 0. The van der Waals surface area contributed by atoms with Gasteiger partial charge in [0.1, 0.15) is 52.9 Å². The summed E-state index contributed by atoms with van der Waals surface area (Å²) in [5.41, 5.74) is -5.22. The van der Waals surface area contributed by atoms with Gasteiger partial charge in [-0.25, -0.2) is 38.4 Å². The van der Waals surface area contributed by atoms with Crippen LogP contribution in [0, 0.1) is 16.2 Å². The highest BCUT2D eigenvalue weighted by Crippen LogP contribution is 2.36. The summed E-state index contributed by atoms with van der Waals surface area (Å²) in [6.07, 6.45) is 0. The number of ether oxygens (including phenoxy) is 18. The molecule has 0 aromatic carbocycles. The van der Waals surface area contributed by atoms with Gasteiger partial charge >= 0.3 is 47.8 Å². The van der Waals surface area contributed by atoms with Crippen molar-refractivity contribution in [2.75, 3.05) is 79.3 Å². The Morgan fingerprint density at radius 2 is 0.356 bits per heavy atom. The second-order valence-electron chi connectivity index (χ2n) is 18.0. The molecule has 0 fully saturated rings. The second kappa shape index (κ2) is 20.2. The highest BCUT2D eigenvalue weighted by atomic mass is 16.7. The van der Waals surface area contributed by atoms with Crippen LogP contribution in [0.25, 0.3) is 0 Å². The molecule has 0 aromatic heterocycles. The summed E-state index contributed by atoms with van der Waals surface area (Å²) in [7, 11) is 0. The van der Waals surface area contributed by atoms with E-state index < -0.39 is 143 Å². The van der Waals surface area contributed by atoms with Crippen LogP contribution in [-0.4, -0.2) is 127 Å². The van der Waals surface area contributed by atoms with Crippen LogP contribution in [0.3, 0.4) is 0 Å². The monoisotopic (exact) mass is 1030 g/mol. The molecule has 8 aliphatic rings. The smallest absolute Gasteiger partial charge is 0.377 e. The molecule has 392 valence electrons. The van der Waals surface area contributed by atoms with Gasteiger partial charge in [-0.15, -0.1) is 0 Å². The molecule has 8 heterocycles. The topological polar surface area (TPSA) is 329 Å². The number of carbonyl (C=O) groups excluding carboxylic acids is 8. The van der Waals surface area contributed by atoms with Crippen molar-refractivity contribution in [1.29, 1.82) is 0 Å². The maximum absolute atomic E-state index is 13.2. The molecule has 8 aliphatic heterocycles. The number of esters is 8. The number of hydrogen-bond acceptors (Lipinski definition) is 26. The lowest BCUT2D eigenvalue weighted by molar-refractivity contribution is -0.175. The summed E-state index contributed by atoms with van der Waals surface area (Å²) >= 11 is 0. The summed E-state index contributed by atoms with van der Waals surface area (Å²) < 4.78 is 98.4. The van der Waals surface area contributed by atoms with E-state index in [1.54, 1.807) is 0 Å². The molecule has 0 atom stereocenters. The minimum atomic E-state index is -1.77. The fourth-order valence-corrected chi connectivity index (χ4v) is 6.50. The van der Waals surface area contributed by atoms with Crippen LogP contribution in [-0.2, 0) is 124 Å². The highest BCUT2D eigenvalue weighted by molar-refractivity contribution is 5.93. The zero-order valence-corrected chi connectivity index (χ0v) is 40.6. The van der Waals surface area contributed by atoms with E-state index in [1.807, 2.05) is 0 Å². The Balaban J connectivity index is 1.08. The molecule has 0 radical (unpaired) electrons. The first kappa shape index (κ1) is 51.4. The second-order valence-corrected chi connectivity index (χ2v) is 18.0. The minimum Gasteiger partial charge on any atom is -0.459 e. The summed E-state index contributed by atoms with van der Waals surface area (Å²) in [4.78, 5) is 104. The van der Waals surface area contributed by atoms with Crippen LogP contribution in [0.5, 0.6) is 0 Å². The molecule has 0 spiro atoms. The van der Waals surface area contributed by atoms with Crippen LogP contribution >= 0.6 is 0 Å². The van der Waals surface area contributed by atoms with Gasteiger partial charge in [0, 0.05) is 0 Å². The molecule has 0 saturated carbocycles. The molecule has 26 nitrogen and oxygen atoms in total. The van der Waals surface area contributed by atoms with E-state index >= 15 is 0 Å². The van der Waals surface area contributed by atoms with E-state index in [4.69, 9.17) is 85.3 Å². The normalized spacial score (nSPS) is 17.3. The minimum absolute atomic E-state index is 0.0810. The van der Waals surface area contributed by atoms with Gasteiger partial charge in [-0.3, -0.25) is 0 Å². The molecular weight excluding hydrogens is 980 g/mol. The molecule has 0 amide bonds. The van der Waals surface area contributed by atoms with Crippen LogP contribution in [0.4, 0.5) is 0 Å². The summed E-state index contributed by atoms with van der Waals surface area (Å²) in [5, 5.41) is 0. The van der Waals surface area contributed by atoms with Crippen LogP contribution in [0.2, 0.25) is 0 Å². The van der Waals surface area contributed by atoms with E-state index in [0.717, 1.165) is 0 Å². The van der Waals surface area contributed by atoms with Crippen molar-refractivity contribution in [3.8, 4) is 0 Å². The Morgan fingerprint density at radius 1 is 0.247 bits per heavy atom. The number of carbonyl (C=O) groups is 8. The predicted molar refractivity (Wildman–Crippen MR) is 227 cm³/mol. The van der Waals surface area contributed by atoms with Crippen molar-refractivity contribution in [2.24, 2.45) is 16.2 Å². The van der Waals surface area contributed by atoms with Crippen molar-refractivity contribution in [2.45, 2.75) is 55.4 Å². The third-order valence-corrected chi connectivity index (χ3v) is 11.5. The van der Waals surface area contributed by atoms with E-state index in [-0.39, 0.29) is 57.6 Å². The SMILES string of the molecule is CC1=C(C(=O)OCC(COCC(COC(=O)C2=C(C)O2)(COC(=O)C2=C(C)O2)COC(=O)C2=C(C)O2)(COCC(COC(=O)C2=C(C)O2)(COC(=O)C2=C(C)O2)COC(=O)C2=C(C)O2)COC(=O)C2=C(C)O2)O1. The van der Waals surface area contributed by atoms with Crippen molar-refractivity contribution >= 4 is 47.8 Å². The van der Waals surface area contributed by atoms with E-state index in [1.165, 1.54) is 55.4 Å². The van der Waals surface area contributed by atoms with Crippen LogP contribution in [0.1, 0.15) is 55.4 Å². The molecule has 0 bridgehead atoms. The van der Waals surface area contributed by atoms with E-state index in [0.29, 0.717) is 34.6 Å². The molecule has 0 aromatic rings. The van der Waals surface area contributed by atoms with Crippen LogP contribution in [0.15, 0.2) is 92.1 Å². The fourth-order valence-electron chi connectivity index (χ4n) is 6.50. The van der Waals surface area contributed by atoms with Crippen LogP contribution < -0.4 is 0 Å². The maximum atomic E-state index is 13.2. The van der Waals surface area contributed by atoms with Gasteiger partial charge in [-0.2, -0.15) is 0 Å². The first-order valence-electron chi connectivity index (χ1n) is 22.2. The standard InChI is InChI=1S/C47H48O26/c1-21-29(66-21)37(48)58-13-45(14-59-38(49)30-22(2)67-30,9-56-11-46(15-60-39(50)31-23(3)68-31,16-61-40(51)32-24(4)69-32)17-62-41(52)33-25(5)70-33)10-57-12-47(18-63-42(53)34-26(6)71-34,19-64-43(54)35-27(7)72-35)20-65-44(55)36-28(8)73-36/h9-20H2,1-8H3. The Morgan fingerprint density at radius 3 is 0.466 bits per heavy atom. The highest BCUT2D eigenvalue weighted by Gasteiger charge is 2.47. The number of hydrogen-bond donors (Lipinski definition) is 0. The molecule has 73 heavy (non-hydrogen) atoms. The largest absolute Gasteiger partial charge is 0.459 e. The van der Waals surface area contributed by atoms with Gasteiger partial charge in [-0.1, -0.05) is 0 Å². The molecule has 0 aliphatic carbocycles.